The van der Waals surface area contributed by atoms with Crippen molar-refractivity contribution in [1.29, 1.82) is 0 Å². The number of nitrogens with zero attached hydrogens (tertiary/aromatic N) is 2. The summed E-state index contributed by atoms with van der Waals surface area (Å²) in [6, 6.07) is 7.66. The van der Waals surface area contributed by atoms with Gasteiger partial charge < -0.3 is 5.73 Å². The first-order chi connectivity index (χ1) is 8.29. The van der Waals surface area contributed by atoms with Crippen LogP contribution >= 0.6 is 22.9 Å². The number of hydrogen-bond acceptors (Lipinski definition) is 3. The van der Waals surface area contributed by atoms with Gasteiger partial charge in [-0.15, -0.1) is 11.3 Å². The van der Waals surface area contributed by atoms with E-state index in [1.165, 1.54) is 0 Å². The molecule has 86 valence electrons. The summed E-state index contributed by atoms with van der Waals surface area (Å²) in [5.74, 6) is 0. The second-order valence-corrected chi connectivity index (χ2v) is 4.98. The van der Waals surface area contributed by atoms with Gasteiger partial charge in [-0.25, -0.2) is 4.98 Å². The Hall–Kier alpha value is -1.36. The third kappa shape index (κ3) is 1.74. The molecule has 0 unspecified atom stereocenters. The molecule has 3 aromatic rings. The molecule has 5 heteroatoms. The Balaban J connectivity index is 2.22. The maximum absolute atomic E-state index is 5.88. The highest BCUT2D eigenvalue weighted by atomic mass is 35.5. The van der Waals surface area contributed by atoms with Crippen LogP contribution in [0.5, 0.6) is 0 Å². The smallest absolute Gasteiger partial charge is 0.194 e. The molecule has 0 bridgehead atoms. The van der Waals surface area contributed by atoms with Gasteiger partial charge in [-0.2, -0.15) is 0 Å². The highest BCUT2D eigenvalue weighted by molar-refractivity contribution is 7.15. The van der Waals surface area contributed by atoms with E-state index in [-0.39, 0.29) is 0 Å². The summed E-state index contributed by atoms with van der Waals surface area (Å²) in [6.45, 7) is 0.468. The molecule has 0 aliphatic rings. The standard InChI is InChI=1S/C12H10ClN3S/c13-9-3-1-8(2-4-9)11-10(7-14)16-5-6-17-12(16)15-11/h1-6H,7,14H2. The van der Waals surface area contributed by atoms with Crippen LogP contribution in [0, 0.1) is 0 Å². The van der Waals surface area contributed by atoms with E-state index >= 15 is 0 Å². The molecule has 2 heterocycles. The molecule has 2 N–H and O–H groups in total. The van der Waals surface area contributed by atoms with Crippen molar-refractivity contribution >= 4 is 27.9 Å². The largest absolute Gasteiger partial charge is 0.325 e. The predicted octanol–water partition coefficient (Wildman–Crippen LogP) is 3.17. The molecule has 0 saturated carbocycles. The maximum atomic E-state index is 5.88. The molecule has 3 nitrogen and oxygen atoms in total. The lowest BCUT2D eigenvalue weighted by atomic mass is 10.1. The molecule has 0 amide bonds. The number of aromatic nitrogens is 2. The predicted molar refractivity (Wildman–Crippen MR) is 71.4 cm³/mol. The van der Waals surface area contributed by atoms with E-state index < -0.39 is 0 Å². The van der Waals surface area contributed by atoms with Crippen LogP contribution in [0.1, 0.15) is 5.69 Å². The van der Waals surface area contributed by atoms with Crippen LogP contribution in [-0.2, 0) is 6.54 Å². The minimum atomic E-state index is 0.468. The Morgan fingerprint density at radius 2 is 2.06 bits per heavy atom. The van der Waals surface area contributed by atoms with E-state index in [2.05, 4.69) is 4.98 Å². The van der Waals surface area contributed by atoms with E-state index in [4.69, 9.17) is 17.3 Å². The minimum Gasteiger partial charge on any atom is -0.325 e. The van der Waals surface area contributed by atoms with Crippen molar-refractivity contribution in [3.8, 4) is 11.3 Å². The molecule has 0 aliphatic heterocycles. The number of hydrogen-bond donors (Lipinski definition) is 1. The zero-order valence-electron chi connectivity index (χ0n) is 8.93. The van der Waals surface area contributed by atoms with Crippen molar-refractivity contribution in [2.45, 2.75) is 6.54 Å². The van der Waals surface area contributed by atoms with Crippen molar-refractivity contribution in [2.75, 3.05) is 0 Å². The van der Waals surface area contributed by atoms with Gasteiger partial charge in [-0.1, -0.05) is 23.7 Å². The molecular weight excluding hydrogens is 254 g/mol. The third-order valence-electron chi connectivity index (χ3n) is 2.67. The molecule has 0 saturated heterocycles. The summed E-state index contributed by atoms with van der Waals surface area (Å²) in [5.41, 5.74) is 8.82. The molecular formula is C12H10ClN3S. The molecule has 0 radical (unpaired) electrons. The van der Waals surface area contributed by atoms with Gasteiger partial charge in [0.05, 0.1) is 11.4 Å². The molecule has 3 rings (SSSR count). The fourth-order valence-electron chi connectivity index (χ4n) is 1.87. The van der Waals surface area contributed by atoms with Gasteiger partial charge in [0.2, 0.25) is 0 Å². The first-order valence-corrected chi connectivity index (χ1v) is 6.46. The molecule has 0 spiro atoms. The molecule has 2 aromatic heterocycles. The summed E-state index contributed by atoms with van der Waals surface area (Å²) in [6.07, 6.45) is 1.99. The first kappa shape index (κ1) is 10.8. The van der Waals surface area contributed by atoms with Crippen molar-refractivity contribution in [1.82, 2.24) is 9.38 Å². The number of rotatable bonds is 2. The van der Waals surface area contributed by atoms with E-state index in [1.54, 1.807) is 11.3 Å². The topological polar surface area (TPSA) is 43.3 Å². The van der Waals surface area contributed by atoms with Crippen molar-refractivity contribution in [3.05, 3.63) is 46.6 Å². The fourth-order valence-corrected chi connectivity index (χ4v) is 2.73. The summed E-state index contributed by atoms with van der Waals surface area (Å²) in [7, 11) is 0. The fraction of sp³-hybridized carbons (Fsp3) is 0.0833. The normalized spacial score (nSPS) is 11.2. The summed E-state index contributed by atoms with van der Waals surface area (Å²) in [4.78, 5) is 5.57. The maximum Gasteiger partial charge on any atom is 0.194 e. The molecule has 0 fully saturated rings. The first-order valence-electron chi connectivity index (χ1n) is 5.20. The number of halogens is 1. The number of thiazole rings is 1. The Bertz CT molecular complexity index is 654. The van der Waals surface area contributed by atoms with Gasteiger partial charge in [0.15, 0.2) is 4.96 Å². The van der Waals surface area contributed by atoms with Crippen LogP contribution in [0.2, 0.25) is 5.02 Å². The molecule has 1 aromatic carbocycles. The summed E-state index contributed by atoms with van der Waals surface area (Å²) >= 11 is 7.49. The van der Waals surface area contributed by atoms with Crippen LogP contribution in [0.4, 0.5) is 0 Å². The Labute approximate surface area is 107 Å². The number of fused-ring (bicyclic) bond motifs is 1. The molecule has 17 heavy (non-hydrogen) atoms. The van der Waals surface area contributed by atoms with Crippen LogP contribution in [0.3, 0.4) is 0 Å². The number of benzene rings is 1. The van der Waals surface area contributed by atoms with Gasteiger partial charge in [0.1, 0.15) is 0 Å². The summed E-state index contributed by atoms with van der Waals surface area (Å²) in [5, 5.41) is 2.73. The van der Waals surface area contributed by atoms with Gasteiger partial charge >= 0.3 is 0 Å². The highest BCUT2D eigenvalue weighted by Gasteiger charge is 2.13. The van der Waals surface area contributed by atoms with Gasteiger partial charge in [-0.3, -0.25) is 4.40 Å². The van der Waals surface area contributed by atoms with Crippen molar-refractivity contribution < 1.29 is 0 Å². The zero-order valence-corrected chi connectivity index (χ0v) is 10.5. The lowest BCUT2D eigenvalue weighted by Gasteiger charge is -2.01. The highest BCUT2D eigenvalue weighted by Crippen LogP contribution is 2.27. The van der Waals surface area contributed by atoms with Crippen LogP contribution < -0.4 is 5.73 Å². The van der Waals surface area contributed by atoms with Crippen LogP contribution in [0.15, 0.2) is 35.8 Å². The minimum absolute atomic E-state index is 0.468. The Morgan fingerprint density at radius 3 is 2.76 bits per heavy atom. The summed E-state index contributed by atoms with van der Waals surface area (Å²) < 4.78 is 2.04. The molecule has 0 aliphatic carbocycles. The van der Waals surface area contributed by atoms with Crippen LogP contribution in [0.25, 0.3) is 16.2 Å². The Morgan fingerprint density at radius 1 is 1.29 bits per heavy atom. The van der Waals surface area contributed by atoms with E-state index in [0.717, 1.165) is 26.9 Å². The van der Waals surface area contributed by atoms with Crippen molar-refractivity contribution in [2.24, 2.45) is 5.73 Å². The zero-order chi connectivity index (χ0) is 11.8. The van der Waals surface area contributed by atoms with Gasteiger partial charge in [0.25, 0.3) is 0 Å². The SMILES string of the molecule is NCc1c(-c2ccc(Cl)cc2)nc2sccn12. The molecule has 0 atom stereocenters. The van der Waals surface area contributed by atoms with Crippen LogP contribution in [-0.4, -0.2) is 9.38 Å². The van der Waals surface area contributed by atoms with E-state index in [1.807, 2.05) is 40.2 Å². The van der Waals surface area contributed by atoms with Gasteiger partial charge in [-0.05, 0) is 12.1 Å². The number of imidazole rings is 1. The lowest BCUT2D eigenvalue weighted by molar-refractivity contribution is 0.970. The second kappa shape index (κ2) is 4.14. The average molecular weight is 264 g/mol. The van der Waals surface area contributed by atoms with E-state index in [0.29, 0.717) is 6.54 Å². The quantitative estimate of drug-likeness (QED) is 0.772. The average Bonchev–Trinajstić information content (AvgIpc) is 2.89. The lowest BCUT2D eigenvalue weighted by Crippen LogP contribution is -2.01. The monoisotopic (exact) mass is 263 g/mol. The number of nitrogens with two attached hydrogens (primary N) is 1. The second-order valence-electron chi connectivity index (χ2n) is 3.67. The third-order valence-corrected chi connectivity index (χ3v) is 3.68. The van der Waals surface area contributed by atoms with Crippen molar-refractivity contribution in [3.63, 3.8) is 0 Å². The Kier molecular flexibility index (Phi) is 2.63. The van der Waals surface area contributed by atoms with Gasteiger partial charge in [0, 0.05) is 28.7 Å². The van der Waals surface area contributed by atoms with E-state index in [9.17, 15) is 0 Å².